The van der Waals surface area contributed by atoms with Crippen LogP contribution in [0.2, 0.25) is 0 Å². The van der Waals surface area contributed by atoms with E-state index in [9.17, 15) is 9.90 Å². The Morgan fingerprint density at radius 2 is 2.00 bits per heavy atom. The third kappa shape index (κ3) is 2.41. The van der Waals surface area contributed by atoms with Gasteiger partial charge >= 0.3 is 0 Å². The number of hydrogen-bond donors (Lipinski definition) is 1. The summed E-state index contributed by atoms with van der Waals surface area (Å²) in [4.78, 5) is 14.2. The van der Waals surface area contributed by atoms with Gasteiger partial charge in [-0.15, -0.1) is 0 Å². The molecule has 1 amide bonds. The molecule has 2 aromatic rings. The summed E-state index contributed by atoms with van der Waals surface area (Å²) in [5.74, 6) is -0.0539. The topological polar surface area (TPSA) is 40.5 Å². The Bertz CT molecular complexity index is 638. The quantitative estimate of drug-likeness (QED) is 0.910. The van der Waals surface area contributed by atoms with Crippen molar-refractivity contribution in [3.63, 3.8) is 0 Å². The Balaban J connectivity index is 1.84. The number of benzene rings is 2. The molecular weight excluding hydrogens is 250 g/mol. The maximum Gasteiger partial charge on any atom is 0.229 e. The van der Waals surface area contributed by atoms with Gasteiger partial charge in [0.05, 0.1) is 12.0 Å². The molecule has 2 aromatic carbocycles. The summed E-state index contributed by atoms with van der Waals surface area (Å²) in [7, 11) is 0. The third-order valence-electron chi connectivity index (χ3n) is 4.12. The first-order valence-corrected chi connectivity index (χ1v) is 7.10. The molecule has 1 unspecified atom stereocenters. The Labute approximate surface area is 118 Å². The molecule has 0 aromatic heterocycles. The van der Waals surface area contributed by atoms with Gasteiger partial charge in [-0.1, -0.05) is 42.5 Å². The number of carbonyl (C=O) groups excluding carboxylic acids is 1. The van der Waals surface area contributed by atoms with E-state index in [0.717, 1.165) is 10.9 Å². The van der Waals surface area contributed by atoms with Crippen LogP contribution in [0.1, 0.15) is 24.8 Å². The van der Waals surface area contributed by atoms with E-state index in [1.807, 2.05) is 25.1 Å². The first kappa shape index (κ1) is 13.1. The predicted octanol–water partition coefficient (Wildman–Crippen LogP) is 2.54. The maximum atomic E-state index is 12.4. The highest BCUT2D eigenvalue weighted by molar-refractivity contribution is 5.87. The second-order valence-electron chi connectivity index (χ2n) is 5.56. The molecule has 0 spiro atoms. The number of rotatable bonds is 2. The number of amides is 1. The number of likely N-dealkylation sites (tertiary alicyclic amines) is 1. The van der Waals surface area contributed by atoms with Gasteiger partial charge in [-0.25, -0.2) is 0 Å². The predicted molar refractivity (Wildman–Crippen MR) is 79.6 cm³/mol. The van der Waals surface area contributed by atoms with E-state index in [0.29, 0.717) is 19.5 Å². The standard InChI is InChI=1S/C17H19NO2/c1-12(17(20)18-9-8-16(19)11-18)14-7-6-13-4-2-3-5-15(13)10-14/h2-7,10,12,16,19H,8-9,11H2,1H3/t12?,16-/m1/s1. The lowest BCUT2D eigenvalue weighted by atomic mass is 9.96. The molecular formula is C17H19NO2. The van der Waals surface area contributed by atoms with Gasteiger partial charge in [0, 0.05) is 13.1 Å². The van der Waals surface area contributed by atoms with E-state index in [1.165, 1.54) is 5.39 Å². The SMILES string of the molecule is CC(C(=O)N1CC[C@@H](O)C1)c1ccc2ccccc2c1. The van der Waals surface area contributed by atoms with Gasteiger partial charge in [-0.3, -0.25) is 4.79 Å². The molecule has 2 atom stereocenters. The van der Waals surface area contributed by atoms with Crippen molar-refractivity contribution in [3.8, 4) is 0 Å². The number of aliphatic hydroxyl groups excluding tert-OH is 1. The molecule has 1 aliphatic heterocycles. The van der Waals surface area contributed by atoms with E-state index < -0.39 is 0 Å². The number of fused-ring (bicyclic) bond motifs is 1. The molecule has 0 bridgehead atoms. The zero-order valence-corrected chi connectivity index (χ0v) is 11.6. The van der Waals surface area contributed by atoms with Crippen molar-refractivity contribution < 1.29 is 9.90 Å². The first-order valence-electron chi connectivity index (χ1n) is 7.10. The fraction of sp³-hybridized carbons (Fsp3) is 0.353. The lowest BCUT2D eigenvalue weighted by Gasteiger charge is -2.21. The van der Waals surface area contributed by atoms with Crippen molar-refractivity contribution in [1.82, 2.24) is 4.90 Å². The summed E-state index contributed by atoms with van der Waals surface area (Å²) in [5.41, 5.74) is 1.04. The smallest absolute Gasteiger partial charge is 0.229 e. The van der Waals surface area contributed by atoms with Crippen LogP contribution in [0, 0.1) is 0 Å². The fourth-order valence-corrected chi connectivity index (χ4v) is 2.84. The highest BCUT2D eigenvalue weighted by Crippen LogP contribution is 2.24. The number of carbonyl (C=O) groups is 1. The van der Waals surface area contributed by atoms with Crippen LogP contribution in [0.25, 0.3) is 10.8 Å². The Kier molecular flexibility index (Phi) is 3.45. The van der Waals surface area contributed by atoms with Crippen LogP contribution in [0.5, 0.6) is 0 Å². The summed E-state index contributed by atoms with van der Waals surface area (Å²) >= 11 is 0. The van der Waals surface area contributed by atoms with Crippen molar-refractivity contribution in [3.05, 3.63) is 48.0 Å². The lowest BCUT2D eigenvalue weighted by molar-refractivity contribution is -0.131. The van der Waals surface area contributed by atoms with Crippen molar-refractivity contribution >= 4 is 16.7 Å². The van der Waals surface area contributed by atoms with Crippen LogP contribution in [-0.4, -0.2) is 35.1 Å². The van der Waals surface area contributed by atoms with Crippen molar-refractivity contribution in [2.45, 2.75) is 25.4 Å². The minimum Gasteiger partial charge on any atom is -0.391 e. The summed E-state index contributed by atoms with van der Waals surface area (Å²) in [6.45, 7) is 3.08. The van der Waals surface area contributed by atoms with E-state index >= 15 is 0 Å². The zero-order chi connectivity index (χ0) is 14.1. The highest BCUT2D eigenvalue weighted by atomic mass is 16.3. The van der Waals surface area contributed by atoms with Gasteiger partial charge in [0.25, 0.3) is 0 Å². The minimum atomic E-state index is -0.359. The zero-order valence-electron chi connectivity index (χ0n) is 11.6. The molecule has 20 heavy (non-hydrogen) atoms. The van der Waals surface area contributed by atoms with Gasteiger partial charge < -0.3 is 10.0 Å². The fourth-order valence-electron chi connectivity index (χ4n) is 2.84. The molecule has 3 nitrogen and oxygen atoms in total. The molecule has 1 N–H and O–H groups in total. The van der Waals surface area contributed by atoms with Gasteiger partial charge in [0.1, 0.15) is 0 Å². The third-order valence-corrected chi connectivity index (χ3v) is 4.12. The first-order chi connectivity index (χ1) is 9.65. The van der Waals surface area contributed by atoms with Crippen LogP contribution >= 0.6 is 0 Å². The minimum absolute atomic E-state index is 0.108. The van der Waals surface area contributed by atoms with Crippen LogP contribution in [0.4, 0.5) is 0 Å². The van der Waals surface area contributed by atoms with Crippen molar-refractivity contribution in [1.29, 1.82) is 0 Å². The Hall–Kier alpha value is -1.87. The molecule has 104 valence electrons. The van der Waals surface area contributed by atoms with E-state index in [1.54, 1.807) is 4.90 Å². The van der Waals surface area contributed by atoms with Crippen molar-refractivity contribution in [2.24, 2.45) is 0 Å². The van der Waals surface area contributed by atoms with Crippen LogP contribution in [0.15, 0.2) is 42.5 Å². The number of nitrogens with zero attached hydrogens (tertiary/aromatic N) is 1. The number of aliphatic hydroxyl groups is 1. The molecule has 0 saturated carbocycles. The average molecular weight is 269 g/mol. The van der Waals surface area contributed by atoms with E-state index in [-0.39, 0.29) is 17.9 Å². The average Bonchev–Trinajstić information content (AvgIpc) is 2.92. The monoisotopic (exact) mass is 269 g/mol. The maximum absolute atomic E-state index is 12.4. The molecule has 0 aliphatic carbocycles. The second-order valence-corrected chi connectivity index (χ2v) is 5.56. The molecule has 1 saturated heterocycles. The van der Waals surface area contributed by atoms with E-state index in [4.69, 9.17) is 0 Å². The highest BCUT2D eigenvalue weighted by Gasteiger charge is 2.28. The molecule has 3 rings (SSSR count). The van der Waals surface area contributed by atoms with Crippen molar-refractivity contribution in [2.75, 3.05) is 13.1 Å². The van der Waals surface area contributed by atoms with E-state index in [2.05, 4.69) is 24.3 Å². The molecule has 1 aliphatic rings. The summed E-state index contributed by atoms with van der Waals surface area (Å²) in [6.07, 6.45) is 0.332. The molecule has 0 radical (unpaired) electrons. The summed E-state index contributed by atoms with van der Waals surface area (Å²) < 4.78 is 0. The van der Waals surface area contributed by atoms with Gasteiger partial charge in [0.15, 0.2) is 0 Å². The Morgan fingerprint density at radius 3 is 2.70 bits per heavy atom. The van der Waals surface area contributed by atoms with Gasteiger partial charge in [-0.2, -0.15) is 0 Å². The van der Waals surface area contributed by atoms with Crippen LogP contribution in [-0.2, 0) is 4.79 Å². The van der Waals surface area contributed by atoms with Gasteiger partial charge in [0.2, 0.25) is 5.91 Å². The number of hydrogen-bond acceptors (Lipinski definition) is 2. The molecule has 3 heteroatoms. The van der Waals surface area contributed by atoms with Crippen LogP contribution in [0.3, 0.4) is 0 Å². The number of β-amino-alcohol motifs (C(OH)–C–C–N with tert-alkyl or cyclic N) is 1. The normalized spacial score (nSPS) is 20.3. The summed E-state index contributed by atoms with van der Waals surface area (Å²) in [6, 6.07) is 14.3. The summed E-state index contributed by atoms with van der Waals surface area (Å²) in [5, 5.41) is 11.9. The second kappa shape index (κ2) is 5.25. The largest absolute Gasteiger partial charge is 0.391 e. The van der Waals surface area contributed by atoms with Gasteiger partial charge in [-0.05, 0) is 29.7 Å². The molecule has 1 heterocycles. The lowest BCUT2D eigenvalue weighted by Crippen LogP contribution is -2.33. The molecule has 1 fully saturated rings. The van der Waals surface area contributed by atoms with Crippen LogP contribution < -0.4 is 0 Å². The Morgan fingerprint density at radius 1 is 1.25 bits per heavy atom.